The quantitative estimate of drug-likeness (QED) is 0.630. The Balaban J connectivity index is 1.33. The predicted molar refractivity (Wildman–Crippen MR) is 107 cm³/mol. The van der Waals surface area contributed by atoms with Gasteiger partial charge >= 0.3 is 0 Å². The van der Waals surface area contributed by atoms with Crippen molar-refractivity contribution < 1.29 is 4.39 Å². The zero-order chi connectivity index (χ0) is 18.6. The Morgan fingerprint density at radius 1 is 1.22 bits per heavy atom. The summed E-state index contributed by atoms with van der Waals surface area (Å²) in [4.78, 5) is 10.8. The second-order valence-corrected chi connectivity index (χ2v) is 7.21. The van der Waals surface area contributed by atoms with E-state index in [2.05, 4.69) is 50.9 Å². The maximum Gasteiger partial charge on any atom is 0.191 e. The van der Waals surface area contributed by atoms with Gasteiger partial charge in [-0.2, -0.15) is 0 Å². The first-order chi connectivity index (χ1) is 13.2. The molecule has 0 spiro atoms. The van der Waals surface area contributed by atoms with Crippen molar-refractivity contribution in [1.29, 1.82) is 0 Å². The van der Waals surface area contributed by atoms with Gasteiger partial charge in [-0.1, -0.05) is 30.3 Å². The van der Waals surface area contributed by atoms with Crippen LogP contribution in [0.15, 0.2) is 53.7 Å². The van der Waals surface area contributed by atoms with E-state index in [9.17, 15) is 4.39 Å². The minimum absolute atomic E-state index is 0.234. The molecule has 2 aliphatic rings. The third kappa shape index (κ3) is 4.21. The predicted octanol–water partition coefficient (Wildman–Crippen LogP) is 2.91. The summed E-state index contributed by atoms with van der Waals surface area (Å²) in [6, 6.07) is 14.4. The first kappa shape index (κ1) is 17.8. The Labute approximate surface area is 159 Å². The number of benzene rings is 1. The summed E-state index contributed by atoms with van der Waals surface area (Å²) in [7, 11) is 0. The lowest BCUT2D eigenvalue weighted by atomic mass is 10.1. The Bertz CT molecular complexity index is 794. The van der Waals surface area contributed by atoms with Crippen LogP contribution in [0.5, 0.6) is 0 Å². The molecule has 1 aliphatic carbocycles. The largest absolute Gasteiger partial charge is 0.353 e. The van der Waals surface area contributed by atoms with Crippen LogP contribution in [0.25, 0.3) is 0 Å². The Kier molecular flexibility index (Phi) is 5.23. The van der Waals surface area contributed by atoms with Crippen molar-refractivity contribution in [3.8, 4) is 0 Å². The van der Waals surface area contributed by atoms with Crippen LogP contribution in [0.1, 0.15) is 31.2 Å². The minimum atomic E-state index is -0.262. The maximum atomic E-state index is 14.0. The summed E-state index contributed by atoms with van der Waals surface area (Å²) < 4.78 is 14.0. The smallest absolute Gasteiger partial charge is 0.191 e. The molecule has 5 nitrogen and oxygen atoms in total. The van der Waals surface area contributed by atoms with Gasteiger partial charge in [0.05, 0.1) is 0 Å². The van der Waals surface area contributed by atoms with Crippen molar-refractivity contribution in [1.82, 2.24) is 15.6 Å². The van der Waals surface area contributed by atoms with Crippen molar-refractivity contribution in [2.24, 2.45) is 4.99 Å². The van der Waals surface area contributed by atoms with Gasteiger partial charge in [0.25, 0.3) is 0 Å². The summed E-state index contributed by atoms with van der Waals surface area (Å²) in [5.74, 6) is 1.59. The molecule has 3 unspecified atom stereocenters. The average molecular weight is 367 g/mol. The van der Waals surface area contributed by atoms with Gasteiger partial charge in [-0.25, -0.2) is 9.37 Å². The molecule has 142 valence electrons. The molecule has 2 aromatic rings. The van der Waals surface area contributed by atoms with E-state index in [1.54, 1.807) is 12.3 Å². The van der Waals surface area contributed by atoms with Crippen LogP contribution in [0, 0.1) is 5.82 Å². The molecule has 2 N–H and O–H groups in total. The number of anilines is 1. The molecular weight excluding hydrogens is 341 g/mol. The zero-order valence-electron chi connectivity index (χ0n) is 15.6. The number of hydrogen-bond donors (Lipinski definition) is 2. The molecule has 1 saturated carbocycles. The minimum Gasteiger partial charge on any atom is -0.353 e. The molecule has 1 aliphatic heterocycles. The van der Waals surface area contributed by atoms with E-state index < -0.39 is 0 Å². The fourth-order valence-electron chi connectivity index (χ4n) is 3.76. The summed E-state index contributed by atoms with van der Waals surface area (Å²) in [5, 5.41) is 7.09. The van der Waals surface area contributed by atoms with Gasteiger partial charge in [0.1, 0.15) is 0 Å². The molecule has 4 rings (SSSR count). The van der Waals surface area contributed by atoms with Gasteiger partial charge in [-0.05, 0) is 37.5 Å². The molecule has 0 bridgehead atoms. The SMILES string of the molecule is CCN=C(NC1CCN(c2ncccc2F)C1)NC1CC1c1ccccc1. The lowest BCUT2D eigenvalue weighted by Gasteiger charge is -2.20. The van der Waals surface area contributed by atoms with Gasteiger partial charge in [-0.15, -0.1) is 0 Å². The third-order valence-corrected chi connectivity index (χ3v) is 5.22. The zero-order valence-corrected chi connectivity index (χ0v) is 15.6. The number of aliphatic imine (C=N–C) groups is 1. The van der Waals surface area contributed by atoms with Crippen LogP contribution in [-0.2, 0) is 0 Å². The molecule has 0 radical (unpaired) electrons. The normalized spacial score (nSPS) is 24.7. The fourth-order valence-corrected chi connectivity index (χ4v) is 3.76. The first-order valence-electron chi connectivity index (χ1n) is 9.72. The molecule has 27 heavy (non-hydrogen) atoms. The second kappa shape index (κ2) is 7.94. The van der Waals surface area contributed by atoms with Crippen LogP contribution in [-0.4, -0.2) is 42.7 Å². The number of hydrogen-bond acceptors (Lipinski definition) is 3. The molecular formula is C21H26FN5. The summed E-state index contributed by atoms with van der Waals surface area (Å²) in [6.45, 7) is 4.28. The van der Waals surface area contributed by atoms with Crippen LogP contribution in [0.4, 0.5) is 10.2 Å². The van der Waals surface area contributed by atoms with Crippen LogP contribution in [0.3, 0.4) is 0 Å². The number of pyridine rings is 1. The van der Waals surface area contributed by atoms with E-state index in [1.165, 1.54) is 11.6 Å². The van der Waals surface area contributed by atoms with Gasteiger partial charge in [-0.3, -0.25) is 4.99 Å². The van der Waals surface area contributed by atoms with Crippen molar-refractivity contribution in [3.05, 3.63) is 60.0 Å². The molecule has 2 heterocycles. The summed E-state index contributed by atoms with van der Waals surface area (Å²) in [6.07, 6.45) is 3.71. The van der Waals surface area contributed by atoms with E-state index in [4.69, 9.17) is 0 Å². The van der Waals surface area contributed by atoms with E-state index in [0.717, 1.165) is 38.4 Å². The highest BCUT2D eigenvalue weighted by atomic mass is 19.1. The van der Waals surface area contributed by atoms with Gasteiger partial charge < -0.3 is 15.5 Å². The first-order valence-corrected chi connectivity index (χ1v) is 9.72. The van der Waals surface area contributed by atoms with Crippen LogP contribution < -0.4 is 15.5 Å². The molecule has 1 saturated heterocycles. The van der Waals surface area contributed by atoms with Gasteiger partial charge in [0, 0.05) is 43.8 Å². The lowest BCUT2D eigenvalue weighted by molar-refractivity contribution is 0.612. The van der Waals surface area contributed by atoms with Crippen molar-refractivity contribution in [2.75, 3.05) is 24.5 Å². The highest BCUT2D eigenvalue weighted by Crippen LogP contribution is 2.40. The average Bonchev–Trinajstić information content (AvgIpc) is 3.30. The Hall–Kier alpha value is -2.63. The van der Waals surface area contributed by atoms with Crippen LogP contribution >= 0.6 is 0 Å². The number of rotatable bonds is 5. The highest BCUT2D eigenvalue weighted by Gasteiger charge is 2.39. The second-order valence-electron chi connectivity index (χ2n) is 7.21. The van der Waals surface area contributed by atoms with E-state index in [1.807, 2.05) is 11.8 Å². The van der Waals surface area contributed by atoms with Gasteiger partial charge in [0.2, 0.25) is 0 Å². The van der Waals surface area contributed by atoms with Crippen molar-refractivity contribution >= 4 is 11.8 Å². The van der Waals surface area contributed by atoms with E-state index in [-0.39, 0.29) is 11.9 Å². The van der Waals surface area contributed by atoms with Crippen LogP contribution in [0.2, 0.25) is 0 Å². The summed E-state index contributed by atoms with van der Waals surface area (Å²) in [5.41, 5.74) is 1.38. The number of aromatic nitrogens is 1. The molecule has 2 fully saturated rings. The summed E-state index contributed by atoms with van der Waals surface area (Å²) >= 11 is 0. The molecule has 0 amide bonds. The number of nitrogens with zero attached hydrogens (tertiary/aromatic N) is 3. The molecule has 3 atom stereocenters. The van der Waals surface area contributed by atoms with E-state index >= 15 is 0 Å². The lowest BCUT2D eigenvalue weighted by Crippen LogP contribution is -2.45. The molecule has 1 aromatic heterocycles. The van der Waals surface area contributed by atoms with Gasteiger partial charge in [0.15, 0.2) is 17.6 Å². The topological polar surface area (TPSA) is 52.6 Å². The number of nitrogens with one attached hydrogen (secondary N) is 2. The Morgan fingerprint density at radius 3 is 2.85 bits per heavy atom. The number of guanidine groups is 1. The highest BCUT2D eigenvalue weighted by molar-refractivity contribution is 5.81. The molecule has 1 aromatic carbocycles. The Morgan fingerprint density at radius 2 is 2.07 bits per heavy atom. The standard InChI is InChI=1S/C21H26FN5/c1-2-23-21(26-19-13-17(19)15-7-4-3-5-8-15)25-16-10-12-27(14-16)20-18(22)9-6-11-24-20/h3-9,11,16-17,19H,2,10,12-14H2,1H3,(H2,23,25,26). The monoisotopic (exact) mass is 367 g/mol. The van der Waals surface area contributed by atoms with Crippen molar-refractivity contribution in [2.45, 2.75) is 37.8 Å². The third-order valence-electron chi connectivity index (χ3n) is 5.22. The number of halogens is 1. The fraction of sp³-hybridized carbons (Fsp3) is 0.429. The molecule has 6 heteroatoms. The van der Waals surface area contributed by atoms with Crippen molar-refractivity contribution in [3.63, 3.8) is 0 Å². The maximum absolute atomic E-state index is 14.0. The van der Waals surface area contributed by atoms with E-state index in [0.29, 0.717) is 17.8 Å².